The van der Waals surface area contributed by atoms with Crippen LogP contribution < -0.4 is 10.7 Å². The van der Waals surface area contributed by atoms with Crippen molar-refractivity contribution in [1.29, 1.82) is 0 Å². The highest BCUT2D eigenvalue weighted by molar-refractivity contribution is 6.07. The fourth-order valence-corrected chi connectivity index (χ4v) is 2.99. The van der Waals surface area contributed by atoms with Gasteiger partial charge in [-0.05, 0) is 55.0 Å². The lowest BCUT2D eigenvalue weighted by molar-refractivity contribution is 0.102. The molecule has 3 aromatic carbocycles. The topological polar surface area (TPSA) is 62.0 Å². The number of aromatic amines is 1. The summed E-state index contributed by atoms with van der Waals surface area (Å²) < 4.78 is 0. The monoisotopic (exact) mass is 328 g/mol. The highest BCUT2D eigenvalue weighted by atomic mass is 16.1. The van der Waals surface area contributed by atoms with Gasteiger partial charge in [-0.3, -0.25) is 9.59 Å². The molecule has 2 N–H and O–H groups in total. The summed E-state index contributed by atoms with van der Waals surface area (Å²) in [6, 6.07) is 20.1. The van der Waals surface area contributed by atoms with E-state index in [2.05, 4.69) is 10.3 Å². The van der Waals surface area contributed by atoms with E-state index in [1.807, 2.05) is 49.4 Å². The van der Waals surface area contributed by atoms with E-state index < -0.39 is 0 Å². The molecule has 1 heterocycles. The molecule has 0 bridgehead atoms. The fourth-order valence-electron chi connectivity index (χ4n) is 2.99. The van der Waals surface area contributed by atoms with E-state index in [1.54, 1.807) is 24.3 Å². The Balaban J connectivity index is 1.78. The molecule has 122 valence electrons. The molecule has 4 rings (SSSR count). The molecule has 0 aliphatic heterocycles. The van der Waals surface area contributed by atoms with Crippen LogP contribution in [-0.2, 0) is 0 Å². The Morgan fingerprint density at radius 2 is 1.68 bits per heavy atom. The molecule has 0 unspecified atom stereocenters. The largest absolute Gasteiger partial charge is 0.354 e. The maximum Gasteiger partial charge on any atom is 0.255 e. The van der Waals surface area contributed by atoms with Crippen LogP contribution in [0.1, 0.15) is 15.9 Å². The Kier molecular flexibility index (Phi) is 3.58. The molecule has 0 atom stereocenters. The number of para-hydroxylation sites is 1. The normalized spacial score (nSPS) is 10.9. The van der Waals surface area contributed by atoms with Gasteiger partial charge in [0.15, 0.2) is 5.43 Å². The lowest BCUT2D eigenvalue weighted by Gasteiger charge is -2.08. The van der Waals surface area contributed by atoms with E-state index in [-0.39, 0.29) is 11.3 Å². The number of hydrogen-bond donors (Lipinski definition) is 2. The predicted octanol–water partition coefficient (Wildman–Crippen LogP) is 4.24. The number of anilines is 1. The number of aryl methyl sites for hydroxylation is 1. The molecule has 4 nitrogen and oxygen atoms in total. The summed E-state index contributed by atoms with van der Waals surface area (Å²) >= 11 is 0. The van der Waals surface area contributed by atoms with Crippen LogP contribution in [0.25, 0.3) is 21.8 Å². The number of aromatic nitrogens is 1. The van der Waals surface area contributed by atoms with Crippen molar-refractivity contribution in [2.45, 2.75) is 6.92 Å². The van der Waals surface area contributed by atoms with Gasteiger partial charge in [-0.2, -0.15) is 0 Å². The molecule has 0 saturated heterocycles. The molecule has 0 spiro atoms. The van der Waals surface area contributed by atoms with E-state index >= 15 is 0 Å². The lowest BCUT2D eigenvalue weighted by atomic mass is 10.1. The molecule has 25 heavy (non-hydrogen) atoms. The highest BCUT2D eigenvalue weighted by Crippen LogP contribution is 2.17. The molecule has 4 heteroatoms. The van der Waals surface area contributed by atoms with Crippen molar-refractivity contribution in [2.24, 2.45) is 0 Å². The third kappa shape index (κ3) is 2.78. The average Bonchev–Trinajstić information content (AvgIpc) is 2.62. The molecule has 1 aromatic heterocycles. The van der Waals surface area contributed by atoms with Crippen molar-refractivity contribution < 1.29 is 4.79 Å². The summed E-state index contributed by atoms with van der Waals surface area (Å²) in [6.07, 6.45) is 0. The number of carbonyl (C=O) groups is 1. The first-order valence-electron chi connectivity index (χ1n) is 8.04. The van der Waals surface area contributed by atoms with Gasteiger partial charge in [0.05, 0.1) is 0 Å². The van der Waals surface area contributed by atoms with Crippen LogP contribution >= 0.6 is 0 Å². The van der Waals surface area contributed by atoms with Gasteiger partial charge in [-0.15, -0.1) is 0 Å². The number of pyridine rings is 1. The standard InChI is InChI=1S/C21H16N2O2/c1-13-5-4-6-15(11-13)22-21(25)14-9-10-19-17(12-14)20(24)16-7-2-3-8-18(16)23-19/h2-12H,1H3,(H,22,25)(H,23,24). The predicted molar refractivity (Wildman–Crippen MR) is 101 cm³/mol. The molecular formula is C21H16N2O2. The first-order valence-corrected chi connectivity index (χ1v) is 8.04. The minimum atomic E-state index is -0.236. The molecule has 0 fully saturated rings. The lowest BCUT2D eigenvalue weighted by Crippen LogP contribution is -2.13. The number of amides is 1. The number of hydrogen-bond acceptors (Lipinski definition) is 2. The summed E-state index contributed by atoms with van der Waals surface area (Å²) in [5, 5.41) is 4.00. The van der Waals surface area contributed by atoms with Gasteiger partial charge in [0.2, 0.25) is 0 Å². The number of H-pyrrole nitrogens is 1. The van der Waals surface area contributed by atoms with Crippen molar-refractivity contribution in [3.05, 3.63) is 88.1 Å². The number of carbonyl (C=O) groups excluding carboxylic acids is 1. The van der Waals surface area contributed by atoms with Crippen molar-refractivity contribution in [2.75, 3.05) is 5.32 Å². The summed E-state index contributed by atoms with van der Waals surface area (Å²) in [6.45, 7) is 1.97. The summed E-state index contributed by atoms with van der Waals surface area (Å²) in [5.74, 6) is -0.236. The second kappa shape index (κ2) is 5.91. The van der Waals surface area contributed by atoms with Crippen molar-refractivity contribution in [1.82, 2.24) is 4.98 Å². The Morgan fingerprint density at radius 1 is 0.880 bits per heavy atom. The summed E-state index contributed by atoms with van der Waals surface area (Å²) in [7, 11) is 0. The van der Waals surface area contributed by atoms with Crippen molar-refractivity contribution in [3.63, 3.8) is 0 Å². The second-order valence-corrected chi connectivity index (χ2v) is 6.08. The molecule has 0 radical (unpaired) electrons. The van der Waals surface area contributed by atoms with Gasteiger partial charge in [0.1, 0.15) is 0 Å². The molecule has 4 aromatic rings. The Bertz CT molecular complexity index is 1180. The van der Waals surface area contributed by atoms with Crippen LogP contribution in [0, 0.1) is 6.92 Å². The third-order valence-corrected chi connectivity index (χ3v) is 4.24. The van der Waals surface area contributed by atoms with Gasteiger partial charge >= 0.3 is 0 Å². The fraction of sp³-hybridized carbons (Fsp3) is 0.0476. The van der Waals surface area contributed by atoms with Crippen LogP contribution in [0.5, 0.6) is 0 Å². The van der Waals surface area contributed by atoms with Gasteiger partial charge in [0.25, 0.3) is 5.91 Å². The maximum atomic E-state index is 12.7. The van der Waals surface area contributed by atoms with Gasteiger partial charge < -0.3 is 10.3 Å². The average molecular weight is 328 g/mol. The number of fused-ring (bicyclic) bond motifs is 2. The summed E-state index contributed by atoms with van der Waals surface area (Å²) in [5.41, 5.74) is 3.69. The van der Waals surface area contributed by atoms with E-state index in [1.165, 1.54) is 0 Å². The van der Waals surface area contributed by atoms with Crippen LogP contribution in [-0.4, -0.2) is 10.9 Å². The first kappa shape index (κ1) is 15.1. The van der Waals surface area contributed by atoms with Crippen LogP contribution in [0.4, 0.5) is 5.69 Å². The number of benzene rings is 3. The summed E-state index contributed by atoms with van der Waals surface area (Å²) in [4.78, 5) is 28.5. The van der Waals surface area contributed by atoms with Crippen molar-refractivity contribution >= 4 is 33.4 Å². The molecule has 0 aliphatic rings. The van der Waals surface area contributed by atoms with Gasteiger partial charge in [0, 0.05) is 33.1 Å². The minimum Gasteiger partial charge on any atom is -0.354 e. The van der Waals surface area contributed by atoms with Crippen LogP contribution in [0.15, 0.2) is 71.5 Å². The minimum absolute atomic E-state index is 0.0745. The van der Waals surface area contributed by atoms with Gasteiger partial charge in [-0.25, -0.2) is 0 Å². The Morgan fingerprint density at radius 3 is 2.52 bits per heavy atom. The zero-order valence-corrected chi connectivity index (χ0v) is 13.7. The Labute approximate surface area is 144 Å². The zero-order chi connectivity index (χ0) is 17.4. The molecular weight excluding hydrogens is 312 g/mol. The molecule has 0 aliphatic carbocycles. The van der Waals surface area contributed by atoms with E-state index in [9.17, 15) is 9.59 Å². The van der Waals surface area contributed by atoms with E-state index in [0.29, 0.717) is 16.3 Å². The highest BCUT2D eigenvalue weighted by Gasteiger charge is 2.10. The molecule has 1 amide bonds. The third-order valence-electron chi connectivity index (χ3n) is 4.24. The van der Waals surface area contributed by atoms with Crippen LogP contribution in [0.3, 0.4) is 0 Å². The van der Waals surface area contributed by atoms with E-state index in [4.69, 9.17) is 0 Å². The number of rotatable bonds is 2. The SMILES string of the molecule is Cc1cccc(NC(=O)c2ccc3[nH]c4ccccc4c(=O)c3c2)c1. The van der Waals surface area contributed by atoms with Crippen LogP contribution in [0.2, 0.25) is 0 Å². The molecule has 0 saturated carbocycles. The van der Waals surface area contributed by atoms with E-state index in [0.717, 1.165) is 22.3 Å². The van der Waals surface area contributed by atoms with Crippen molar-refractivity contribution in [3.8, 4) is 0 Å². The van der Waals surface area contributed by atoms with Gasteiger partial charge in [-0.1, -0.05) is 24.3 Å². The quantitative estimate of drug-likeness (QED) is 0.541. The number of nitrogens with one attached hydrogen (secondary N) is 2. The second-order valence-electron chi connectivity index (χ2n) is 6.08. The first-order chi connectivity index (χ1) is 12.1. The smallest absolute Gasteiger partial charge is 0.255 e. The zero-order valence-electron chi connectivity index (χ0n) is 13.7. The maximum absolute atomic E-state index is 12.7. The Hall–Kier alpha value is -3.40.